The minimum Gasteiger partial charge on any atom is -0.318 e. The normalized spacial score (nSPS) is 10.7. The number of nitrogens with one attached hydrogen (secondary N) is 2. The Labute approximate surface area is 157 Å². The van der Waals surface area contributed by atoms with E-state index in [0.29, 0.717) is 25.7 Å². The Hall–Kier alpha value is -1.79. The number of rotatable bonds is 3. The Bertz CT molecular complexity index is 784. The standard InChI is InChI=1S/C15H9Cl4N3O2/c16-8-4-9(17)6-10(5-8)21-14(23)15(24)22-20-7-11-12(18)2-1-3-13(11)19/h1-7H,(H,21,23)(H,22,24)/b20-7-. The monoisotopic (exact) mass is 403 g/mol. The molecule has 2 N–H and O–H groups in total. The van der Waals surface area contributed by atoms with Crippen LogP contribution in [0.25, 0.3) is 0 Å². The first-order chi connectivity index (χ1) is 11.4. The van der Waals surface area contributed by atoms with Gasteiger partial charge in [0.15, 0.2) is 0 Å². The summed E-state index contributed by atoms with van der Waals surface area (Å²) < 4.78 is 0. The van der Waals surface area contributed by atoms with Crippen LogP contribution in [0.4, 0.5) is 5.69 Å². The molecule has 0 fully saturated rings. The number of benzene rings is 2. The fourth-order valence-electron chi connectivity index (χ4n) is 1.65. The van der Waals surface area contributed by atoms with Crippen LogP contribution in [0.1, 0.15) is 5.56 Å². The summed E-state index contributed by atoms with van der Waals surface area (Å²) in [6.07, 6.45) is 1.24. The van der Waals surface area contributed by atoms with E-state index in [0.717, 1.165) is 0 Å². The maximum absolute atomic E-state index is 11.8. The van der Waals surface area contributed by atoms with Gasteiger partial charge in [-0.25, -0.2) is 5.43 Å². The number of nitrogens with zero attached hydrogens (tertiary/aromatic N) is 1. The fourth-order valence-corrected chi connectivity index (χ4v) is 2.68. The van der Waals surface area contributed by atoms with Crippen molar-refractivity contribution in [1.82, 2.24) is 5.43 Å². The van der Waals surface area contributed by atoms with E-state index in [9.17, 15) is 9.59 Å². The number of hydrazone groups is 1. The van der Waals surface area contributed by atoms with Gasteiger partial charge in [0.2, 0.25) is 0 Å². The first-order valence-corrected chi connectivity index (χ1v) is 7.92. The molecule has 0 heterocycles. The Morgan fingerprint density at radius 3 is 2.08 bits per heavy atom. The molecule has 24 heavy (non-hydrogen) atoms. The Morgan fingerprint density at radius 2 is 1.50 bits per heavy atom. The molecule has 2 amide bonds. The maximum Gasteiger partial charge on any atom is 0.329 e. The first kappa shape index (κ1) is 18.5. The van der Waals surface area contributed by atoms with Crippen molar-refractivity contribution >= 4 is 70.1 Å². The topological polar surface area (TPSA) is 70.6 Å². The van der Waals surface area contributed by atoms with E-state index in [4.69, 9.17) is 46.4 Å². The van der Waals surface area contributed by atoms with Crippen molar-refractivity contribution in [3.8, 4) is 0 Å². The van der Waals surface area contributed by atoms with Gasteiger partial charge in [0.1, 0.15) is 0 Å². The minimum absolute atomic E-state index is 0.283. The molecule has 0 unspecified atom stereocenters. The fraction of sp³-hybridized carbons (Fsp3) is 0. The number of hydrogen-bond donors (Lipinski definition) is 2. The average Bonchev–Trinajstić information content (AvgIpc) is 2.49. The van der Waals surface area contributed by atoms with Crippen LogP contribution in [0, 0.1) is 0 Å². The van der Waals surface area contributed by atoms with Crippen LogP contribution >= 0.6 is 46.4 Å². The predicted molar refractivity (Wildman–Crippen MR) is 97.3 cm³/mol. The zero-order valence-electron chi connectivity index (χ0n) is 11.8. The van der Waals surface area contributed by atoms with Crippen LogP contribution in [0.3, 0.4) is 0 Å². The van der Waals surface area contributed by atoms with Gasteiger partial charge in [-0.15, -0.1) is 0 Å². The molecule has 2 aromatic carbocycles. The second-order valence-corrected chi connectivity index (χ2v) is 6.13. The van der Waals surface area contributed by atoms with Gasteiger partial charge in [-0.2, -0.15) is 5.10 Å². The van der Waals surface area contributed by atoms with Crippen LogP contribution in [0.15, 0.2) is 41.5 Å². The number of hydrogen-bond acceptors (Lipinski definition) is 3. The summed E-state index contributed by atoms with van der Waals surface area (Å²) in [5.41, 5.74) is 2.77. The summed E-state index contributed by atoms with van der Waals surface area (Å²) in [5.74, 6) is -1.92. The number of carbonyl (C=O) groups excluding carboxylic acids is 2. The number of anilines is 1. The summed E-state index contributed by atoms with van der Waals surface area (Å²) in [5, 5.41) is 7.37. The molecular formula is C15H9Cl4N3O2. The smallest absolute Gasteiger partial charge is 0.318 e. The highest BCUT2D eigenvalue weighted by Gasteiger charge is 2.13. The van der Waals surface area contributed by atoms with Crippen LogP contribution < -0.4 is 10.7 Å². The van der Waals surface area contributed by atoms with Crippen LogP contribution in [0.2, 0.25) is 20.1 Å². The highest BCUT2D eigenvalue weighted by Crippen LogP contribution is 2.23. The van der Waals surface area contributed by atoms with Crippen molar-refractivity contribution in [1.29, 1.82) is 0 Å². The Balaban J connectivity index is 1.99. The summed E-state index contributed by atoms with van der Waals surface area (Å²) in [7, 11) is 0. The maximum atomic E-state index is 11.8. The number of carbonyl (C=O) groups is 2. The van der Waals surface area contributed by atoms with Gasteiger partial charge in [-0.1, -0.05) is 52.5 Å². The molecule has 0 saturated heterocycles. The van der Waals surface area contributed by atoms with Crippen molar-refractivity contribution in [2.45, 2.75) is 0 Å². The second kappa shape index (κ2) is 8.35. The Kier molecular flexibility index (Phi) is 6.45. The number of halogens is 4. The molecule has 0 radical (unpaired) electrons. The lowest BCUT2D eigenvalue weighted by molar-refractivity contribution is -0.136. The lowest BCUT2D eigenvalue weighted by Gasteiger charge is -2.05. The Morgan fingerprint density at radius 1 is 0.917 bits per heavy atom. The highest BCUT2D eigenvalue weighted by molar-refractivity contribution is 6.41. The molecule has 0 aliphatic carbocycles. The molecule has 5 nitrogen and oxygen atoms in total. The molecule has 0 saturated carbocycles. The van der Waals surface area contributed by atoms with E-state index in [-0.39, 0.29) is 5.69 Å². The van der Waals surface area contributed by atoms with Gasteiger partial charge in [0.25, 0.3) is 0 Å². The number of amides is 2. The lowest BCUT2D eigenvalue weighted by Crippen LogP contribution is -2.32. The molecule has 2 aromatic rings. The molecule has 0 aromatic heterocycles. The van der Waals surface area contributed by atoms with E-state index in [1.165, 1.54) is 24.4 Å². The zero-order chi connectivity index (χ0) is 17.7. The third kappa shape index (κ3) is 5.11. The average molecular weight is 405 g/mol. The van der Waals surface area contributed by atoms with Gasteiger partial charge < -0.3 is 5.32 Å². The predicted octanol–water partition coefficient (Wildman–Crippen LogP) is 4.39. The third-order valence-electron chi connectivity index (χ3n) is 2.69. The first-order valence-electron chi connectivity index (χ1n) is 6.41. The van der Waals surface area contributed by atoms with Gasteiger partial charge >= 0.3 is 11.8 Å². The van der Waals surface area contributed by atoms with Gasteiger partial charge in [0.05, 0.1) is 16.3 Å². The SMILES string of the molecule is O=C(N/N=C\c1c(Cl)cccc1Cl)C(=O)Nc1cc(Cl)cc(Cl)c1. The van der Waals surface area contributed by atoms with E-state index >= 15 is 0 Å². The van der Waals surface area contributed by atoms with E-state index in [1.807, 2.05) is 0 Å². The lowest BCUT2D eigenvalue weighted by atomic mass is 10.2. The van der Waals surface area contributed by atoms with E-state index in [1.54, 1.807) is 18.2 Å². The molecule has 0 spiro atoms. The molecule has 2 rings (SSSR count). The molecule has 124 valence electrons. The van der Waals surface area contributed by atoms with E-state index < -0.39 is 11.8 Å². The van der Waals surface area contributed by atoms with Crippen molar-refractivity contribution < 1.29 is 9.59 Å². The zero-order valence-corrected chi connectivity index (χ0v) is 14.8. The molecular weight excluding hydrogens is 396 g/mol. The summed E-state index contributed by atoms with van der Waals surface area (Å²) in [4.78, 5) is 23.5. The molecule has 0 aliphatic rings. The summed E-state index contributed by atoms with van der Waals surface area (Å²) >= 11 is 23.5. The van der Waals surface area contributed by atoms with Gasteiger partial charge in [-0.05, 0) is 30.3 Å². The highest BCUT2D eigenvalue weighted by atomic mass is 35.5. The molecule has 0 atom stereocenters. The van der Waals surface area contributed by atoms with Crippen molar-refractivity contribution in [2.24, 2.45) is 5.10 Å². The largest absolute Gasteiger partial charge is 0.329 e. The van der Waals surface area contributed by atoms with Crippen molar-refractivity contribution in [3.05, 3.63) is 62.1 Å². The molecule has 9 heteroatoms. The van der Waals surface area contributed by atoms with Crippen LogP contribution in [-0.4, -0.2) is 18.0 Å². The van der Waals surface area contributed by atoms with Gasteiger partial charge in [-0.3, -0.25) is 9.59 Å². The van der Waals surface area contributed by atoms with Crippen molar-refractivity contribution in [2.75, 3.05) is 5.32 Å². The third-order valence-corrected chi connectivity index (χ3v) is 3.78. The van der Waals surface area contributed by atoms with Crippen molar-refractivity contribution in [3.63, 3.8) is 0 Å². The molecule has 0 bridgehead atoms. The quantitative estimate of drug-likeness (QED) is 0.452. The molecule has 0 aliphatic heterocycles. The minimum atomic E-state index is -0.981. The van der Waals surface area contributed by atoms with Gasteiger partial charge in [0, 0.05) is 21.3 Å². The van der Waals surface area contributed by atoms with E-state index in [2.05, 4.69) is 15.8 Å². The van der Waals surface area contributed by atoms with Crippen LogP contribution in [-0.2, 0) is 9.59 Å². The van der Waals surface area contributed by atoms with Crippen LogP contribution in [0.5, 0.6) is 0 Å². The summed E-state index contributed by atoms with van der Waals surface area (Å²) in [6.45, 7) is 0. The second-order valence-electron chi connectivity index (χ2n) is 4.45. The summed E-state index contributed by atoms with van der Waals surface area (Å²) in [6, 6.07) is 9.30.